The summed E-state index contributed by atoms with van der Waals surface area (Å²) in [6, 6.07) is 6.04. The molecular formula is C14H19ClN4O. The van der Waals surface area contributed by atoms with Crippen LogP contribution in [0, 0.1) is 6.92 Å². The van der Waals surface area contributed by atoms with E-state index in [0.29, 0.717) is 19.0 Å². The highest BCUT2D eigenvalue weighted by molar-refractivity contribution is 6.16. The van der Waals surface area contributed by atoms with Crippen molar-refractivity contribution in [1.82, 2.24) is 19.8 Å². The van der Waals surface area contributed by atoms with Gasteiger partial charge in [0, 0.05) is 27.2 Å². The van der Waals surface area contributed by atoms with Crippen molar-refractivity contribution in [3.63, 3.8) is 0 Å². The van der Waals surface area contributed by atoms with E-state index in [2.05, 4.69) is 20.9 Å². The van der Waals surface area contributed by atoms with E-state index in [1.54, 1.807) is 14.1 Å². The van der Waals surface area contributed by atoms with Gasteiger partial charge in [-0.05, 0) is 24.6 Å². The summed E-state index contributed by atoms with van der Waals surface area (Å²) in [5, 5.41) is 2.84. The first kappa shape index (κ1) is 14.7. The third-order valence-electron chi connectivity index (χ3n) is 3.12. The molecule has 0 aliphatic carbocycles. The third-order valence-corrected chi connectivity index (χ3v) is 3.36. The van der Waals surface area contributed by atoms with Crippen molar-refractivity contribution >= 4 is 28.7 Å². The van der Waals surface area contributed by atoms with Crippen LogP contribution in [0.25, 0.3) is 11.0 Å². The first-order valence-corrected chi connectivity index (χ1v) is 7.03. The SMILES string of the molecule is Cc1ccc2c(c1)nc(CCl)n2CCNC(=O)N(C)C. The molecule has 0 unspecified atom stereocenters. The Labute approximate surface area is 123 Å². The highest BCUT2D eigenvalue weighted by Gasteiger charge is 2.10. The fourth-order valence-corrected chi connectivity index (χ4v) is 2.28. The van der Waals surface area contributed by atoms with Crippen LogP contribution in [0.1, 0.15) is 11.4 Å². The number of nitrogens with zero attached hydrogens (tertiary/aromatic N) is 3. The molecule has 0 saturated heterocycles. The number of carbonyl (C=O) groups is 1. The summed E-state index contributed by atoms with van der Waals surface area (Å²) in [5.74, 6) is 1.18. The minimum absolute atomic E-state index is 0.0994. The number of hydrogen-bond acceptors (Lipinski definition) is 2. The molecule has 5 nitrogen and oxygen atoms in total. The number of urea groups is 1. The van der Waals surface area contributed by atoms with Crippen molar-refractivity contribution in [2.24, 2.45) is 0 Å². The van der Waals surface area contributed by atoms with Gasteiger partial charge in [0.05, 0.1) is 16.9 Å². The van der Waals surface area contributed by atoms with Crippen LogP contribution in [0.4, 0.5) is 4.79 Å². The molecule has 6 heteroatoms. The molecule has 1 aromatic heterocycles. The van der Waals surface area contributed by atoms with Gasteiger partial charge in [-0.25, -0.2) is 9.78 Å². The van der Waals surface area contributed by atoms with Crippen molar-refractivity contribution in [2.75, 3.05) is 20.6 Å². The lowest BCUT2D eigenvalue weighted by Gasteiger charge is -2.13. The summed E-state index contributed by atoms with van der Waals surface area (Å²) in [7, 11) is 3.43. The summed E-state index contributed by atoms with van der Waals surface area (Å²) in [6.07, 6.45) is 0. The summed E-state index contributed by atoms with van der Waals surface area (Å²) < 4.78 is 2.05. The lowest BCUT2D eigenvalue weighted by Crippen LogP contribution is -2.36. The van der Waals surface area contributed by atoms with Crippen molar-refractivity contribution in [2.45, 2.75) is 19.3 Å². The van der Waals surface area contributed by atoms with Gasteiger partial charge in [-0.3, -0.25) is 0 Å². The van der Waals surface area contributed by atoms with Crippen LogP contribution >= 0.6 is 11.6 Å². The average molecular weight is 295 g/mol. The minimum atomic E-state index is -0.0994. The first-order valence-electron chi connectivity index (χ1n) is 6.50. The highest BCUT2D eigenvalue weighted by Crippen LogP contribution is 2.18. The van der Waals surface area contributed by atoms with Gasteiger partial charge >= 0.3 is 6.03 Å². The molecule has 0 atom stereocenters. The second-order valence-electron chi connectivity index (χ2n) is 4.93. The summed E-state index contributed by atoms with van der Waals surface area (Å²) in [4.78, 5) is 17.5. The van der Waals surface area contributed by atoms with Gasteiger partial charge in [0.25, 0.3) is 0 Å². The van der Waals surface area contributed by atoms with Crippen LogP contribution in [0.15, 0.2) is 18.2 Å². The number of halogens is 1. The number of aromatic nitrogens is 2. The first-order chi connectivity index (χ1) is 9.52. The monoisotopic (exact) mass is 294 g/mol. The molecule has 0 aliphatic heterocycles. The maximum Gasteiger partial charge on any atom is 0.316 e. The zero-order valence-corrected chi connectivity index (χ0v) is 12.7. The predicted octanol–water partition coefficient (Wildman–Crippen LogP) is 2.35. The third kappa shape index (κ3) is 3.04. The Morgan fingerprint density at radius 3 is 2.85 bits per heavy atom. The molecule has 1 heterocycles. The number of fused-ring (bicyclic) bond motifs is 1. The molecule has 20 heavy (non-hydrogen) atoms. The standard InChI is InChI=1S/C14H19ClN4O/c1-10-4-5-12-11(8-10)17-13(9-15)19(12)7-6-16-14(20)18(2)3/h4-5,8H,6-7,9H2,1-3H3,(H,16,20). The van der Waals surface area contributed by atoms with Gasteiger partial charge in [-0.1, -0.05) is 6.07 Å². The molecule has 0 saturated carbocycles. The number of carbonyl (C=O) groups excluding carboxylic acids is 1. The van der Waals surface area contributed by atoms with Crippen molar-refractivity contribution in [1.29, 1.82) is 0 Å². The summed E-state index contributed by atoms with van der Waals surface area (Å²) >= 11 is 5.96. The molecule has 1 N–H and O–H groups in total. The van der Waals surface area contributed by atoms with Gasteiger partial charge in [0.15, 0.2) is 0 Å². The van der Waals surface area contributed by atoms with Gasteiger partial charge in [-0.2, -0.15) is 0 Å². The highest BCUT2D eigenvalue weighted by atomic mass is 35.5. The Morgan fingerprint density at radius 2 is 2.20 bits per heavy atom. The van der Waals surface area contributed by atoms with Crippen molar-refractivity contribution in [3.8, 4) is 0 Å². The van der Waals surface area contributed by atoms with Gasteiger partial charge < -0.3 is 14.8 Å². The number of alkyl halides is 1. The normalized spacial score (nSPS) is 10.8. The van der Waals surface area contributed by atoms with Crippen LogP contribution in [0.5, 0.6) is 0 Å². The largest absolute Gasteiger partial charge is 0.336 e. The van der Waals surface area contributed by atoms with E-state index < -0.39 is 0 Å². The number of aryl methyl sites for hydroxylation is 1. The predicted molar refractivity (Wildman–Crippen MR) is 81.1 cm³/mol. The number of imidazole rings is 1. The molecule has 1 aromatic carbocycles. The molecule has 2 rings (SSSR count). The Balaban J connectivity index is 2.18. The average Bonchev–Trinajstić information content (AvgIpc) is 2.75. The second-order valence-corrected chi connectivity index (χ2v) is 5.20. The van der Waals surface area contributed by atoms with E-state index in [9.17, 15) is 4.79 Å². The minimum Gasteiger partial charge on any atom is -0.336 e. The van der Waals surface area contributed by atoms with Gasteiger partial charge in [0.2, 0.25) is 0 Å². The summed E-state index contributed by atoms with van der Waals surface area (Å²) in [5.41, 5.74) is 3.16. The topological polar surface area (TPSA) is 50.2 Å². The zero-order chi connectivity index (χ0) is 14.7. The second kappa shape index (κ2) is 6.13. The fourth-order valence-electron chi connectivity index (χ4n) is 2.07. The van der Waals surface area contributed by atoms with E-state index in [1.807, 2.05) is 19.1 Å². The van der Waals surface area contributed by atoms with Crippen LogP contribution in [0.3, 0.4) is 0 Å². The van der Waals surface area contributed by atoms with Gasteiger partial charge in [-0.15, -0.1) is 11.6 Å². The van der Waals surface area contributed by atoms with Crippen molar-refractivity contribution in [3.05, 3.63) is 29.6 Å². The van der Waals surface area contributed by atoms with E-state index in [0.717, 1.165) is 16.9 Å². The number of hydrogen-bond donors (Lipinski definition) is 1. The lowest BCUT2D eigenvalue weighted by atomic mass is 10.2. The van der Waals surface area contributed by atoms with E-state index in [-0.39, 0.29) is 6.03 Å². The number of nitrogens with one attached hydrogen (secondary N) is 1. The smallest absolute Gasteiger partial charge is 0.316 e. The Kier molecular flexibility index (Phi) is 4.49. The lowest BCUT2D eigenvalue weighted by molar-refractivity contribution is 0.217. The van der Waals surface area contributed by atoms with Crippen molar-refractivity contribution < 1.29 is 4.79 Å². The van der Waals surface area contributed by atoms with Crippen LogP contribution in [0.2, 0.25) is 0 Å². The zero-order valence-electron chi connectivity index (χ0n) is 12.0. The van der Waals surface area contributed by atoms with Crippen LogP contribution in [-0.2, 0) is 12.4 Å². The number of rotatable bonds is 4. The molecule has 2 aromatic rings. The molecule has 0 fully saturated rings. The van der Waals surface area contributed by atoms with Gasteiger partial charge in [0.1, 0.15) is 5.82 Å². The molecule has 108 valence electrons. The summed E-state index contributed by atoms with van der Waals surface area (Å²) in [6.45, 7) is 3.23. The van der Waals surface area contributed by atoms with E-state index in [4.69, 9.17) is 11.6 Å². The Hall–Kier alpha value is -1.75. The van der Waals surface area contributed by atoms with E-state index >= 15 is 0 Å². The maximum atomic E-state index is 11.5. The molecular weight excluding hydrogens is 276 g/mol. The van der Waals surface area contributed by atoms with E-state index in [1.165, 1.54) is 10.5 Å². The van der Waals surface area contributed by atoms with Crippen LogP contribution in [-0.4, -0.2) is 41.1 Å². The quantitative estimate of drug-likeness (QED) is 0.880. The number of benzene rings is 1. The molecule has 2 amide bonds. The Morgan fingerprint density at radius 1 is 1.45 bits per heavy atom. The number of amides is 2. The Bertz CT molecular complexity index is 621. The molecule has 0 spiro atoms. The molecule has 0 bridgehead atoms. The fraction of sp³-hybridized carbons (Fsp3) is 0.429. The molecule has 0 aliphatic rings. The molecule has 0 radical (unpaired) electrons. The van der Waals surface area contributed by atoms with Crippen LogP contribution < -0.4 is 5.32 Å². The maximum absolute atomic E-state index is 11.5.